The number of benzene rings is 1. The van der Waals surface area contributed by atoms with Crippen molar-refractivity contribution in [3.8, 4) is 23.1 Å². The van der Waals surface area contributed by atoms with Gasteiger partial charge in [0.05, 0.1) is 35.3 Å². The van der Waals surface area contributed by atoms with E-state index in [9.17, 15) is 20.0 Å². The lowest BCUT2D eigenvalue weighted by Gasteiger charge is -2.41. The van der Waals surface area contributed by atoms with Crippen LogP contribution >= 0.6 is 21.0 Å². The predicted octanol–water partition coefficient (Wildman–Crippen LogP) is 3.47. The molecule has 3 aromatic rings. The van der Waals surface area contributed by atoms with Crippen LogP contribution in [0.1, 0.15) is 12.0 Å². The molecule has 0 saturated carbocycles. The molecule has 1 aromatic carbocycles. The monoisotopic (exact) mass is 591 g/mol. The van der Waals surface area contributed by atoms with Crippen LogP contribution in [0.25, 0.3) is 11.3 Å². The minimum absolute atomic E-state index is 0.0128. The second-order valence-corrected chi connectivity index (χ2v) is 10.3. The van der Waals surface area contributed by atoms with E-state index in [4.69, 9.17) is 4.99 Å². The van der Waals surface area contributed by atoms with Gasteiger partial charge in [-0.1, -0.05) is 18.7 Å². The molecule has 1 fully saturated rings. The van der Waals surface area contributed by atoms with Crippen molar-refractivity contribution in [2.24, 2.45) is 4.99 Å². The molecule has 2 N–H and O–H groups in total. The number of pyridine rings is 2. The standard InChI is InChI=1S/C28H27FN7O3PS/c1-3-23(39)36-13-12-35(15-17(36)9-10-30)27(33-20-6-5-11-31-28(20)41-2)18-14-19(29)25(34-26(18)32-16-37)24-21(38)7-4-8-22(24)40/h3-8,11,14,16-17,38H,1,9,12-13,15,40H2,2H3,(H,32,34,37). The van der Waals surface area contributed by atoms with Gasteiger partial charge >= 0.3 is 0 Å². The zero-order valence-electron chi connectivity index (χ0n) is 22.1. The number of carbonyl (C=O) groups excluding carboxylic acids is 2. The van der Waals surface area contributed by atoms with E-state index < -0.39 is 11.9 Å². The first-order valence-corrected chi connectivity index (χ1v) is 14.2. The number of nitriles is 1. The molecular weight excluding hydrogens is 564 g/mol. The van der Waals surface area contributed by atoms with Gasteiger partial charge in [-0.05, 0) is 41.9 Å². The highest BCUT2D eigenvalue weighted by Gasteiger charge is 2.33. The van der Waals surface area contributed by atoms with E-state index in [2.05, 4.69) is 37.2 Å². The number of nitrogens with one attached hydrogen (secondary N) is 1. The maximum absolute atomic E-state index is 15.8. The van der Waals surface area contributed by atoms with Gasteiger partial charge in [-0.15, -0.1) is 21.0 Å². The number of aromatic nitrogens is 2. The molecule has 13 heteroatoms. The van der Waals surface area contributed by atoms with E-state index in [1.54, 1.807) is 35.4 Å². The number of phenolic OH excluding ortho intramolecular Hbond substituents is 1. The van der Waals surface area contributed by atoms with Crippen LogP contribution in [0.15, 0.2) is 65.3 Å². The normalized spacial score (nSPS) is 15.3. The number of hydrogen-bond acceptors (Lipinski definition) is 8. The van der Waals surface area contributed by atoms with Crippen LogP contribution in [0, 0.1) is 17.1 Å². The predicted molar refractivity (Wildman–Crippen MR) is 160 cm³/mol. The summed E-state index contributed by atoms with van der Waals surface area (Å²) in [5.41, 5.74) is 0.687. The van der Waals surface area contributed by atoms with Crippen LogP contribution < -0.4 is 10.6 Å². The van der Waals surface area contributed by atoms with Gasteiger partial charge < -0.3 is 20.2 Å². The van der Waals surface area contributed by atoms with Crippen molar-refractivity contribution < 1.29 is 19.1 Å². The van der Waals surface area contributed by atoms with Gasteiger partial charge in [0.25, 0.3) is 0 Å². The number of rotatable bonds is 8. The summed E-state index contributed by atoms with van der Waals surface area (Å²) >= 11 is 1.38. The molecule has 0 radical (unpaired) electrons. The maximum atomic E-state index is 15.8. The summed E-state index contributed by atoms with van der Waals surface area (Å²) in [6, 6.07) is 11.0. The Hall–Kier alpha value is -4.33. The van der Waals surface area contributed by atoms with Gasteiger partial charge in [-0.3, -0.25) is 9.59 Å². The van der Waals surface area contributed by atoms with E-state index in [0.717, 1.165) is 0 Å². The molecule has 3 heterocycles. The lowest BCUT2D eigenvalue weighted by atomic mass is 10.0. The number of piperazine rings is 1. The summed E-state index contributed by atoms with van der Waals surface area (Å²) in [4.78, 5) is 41.2. The smallest absolute Gasteiger partial charge is 0.246 e. The zero-order valence-corrected chi connectivity index (χ0v) is 24.1. The van der Waals surface area contributed by atoms with E-state index >= 15 is 4.39 Å². The lowest BCUT2D eigenvalue weighted by molar-refractivity contribution is -0.130. The largest absolute Gasteiger partial charge is 0.507 e. The van der Waals surface area contributed by atoms with Gasteiger partial charge in [0, 0.05) is 25.8 Å². The van der Waals surface area contributed by atoms with E-state index in [1.165, 1.54) is 30.0 Å². The highest BCUT2D eigenvalue weighted by atomic mass is 32.2. The minimum atomic E-state index is -0.750. The third-order valence-corrected chi connectivity index (χ3v) is 7.64. The first kappa shape index (κ1) is 29.6. The number of aliphatic imine (C=N–C) groups is 1. The van der Waals surface area contributed by atoms with Gasteiger partial charge in [0.2, 0.25) is 12.3 Å². The molecule has 2 unspecified atom stereocenters. The first-order chi connectivity index (χ1) is 19.8. The number of amides is 2. The molecule has 2 amide bonds. The number of hydrogen-bond donors (Lipinski definition) is 2. The molecule has 4 rings (SSSR count). The van der Waals surface area contributed by atoms with Crippen LogP contribution in [0.2, 0.25) is 0 Å². The SMILES string of the molecule is C=CC(=O)N1CCN(C(=Nc2cccnc2SC)c2cc(F)c(-c3c(O)cccc3P)nc2NC=O)CC1CC#N. The van der Waals surface area contributed by atoms with Crippen molar-refractivity contribution in [2.75, 3.05) is 31.2 Å². The number of phenols is 1. The summed E-state index contributed by atoms with van der Waals surface area (Å²) in [6.45, 7) is 4.33. The molecule has 10 nitrogen and oxygen atoms in total. The Morgan fingerprint density at radius 2 is 2.20 bits per heavy atom. The lowest BCUT2D eigenvalue weighted by Crippen LogP contribution is -2.56. The molecule has 1 saturated heterocycles. The molecule has 210 valence electrons. The van der Waals surface area contributed by atoms with Gasteiger partial charge in [0.15, 0.2) is 5.82 Å². The average Bonchev–Trinajstić information content (AvgIpc) is 2.97. The average molecular weight is 592 g/mol. The van der Waals surface area contributed by atoms with Crippen molar-refractivity contribution in [3.05, 3.63) is 66.6 Å². The minimum Gasteiger partial charge on any atom is -0.507 e. The number of anilines is 1. The van der Waals surface area contributed by atoms with Crippen molar-refractivity contribution in [2.45, 2.75) is 17.5 Å². The van der Waals surface area contributed by atoms with E-state index in [1.807, 2.05) is 11.2 Å². The zero-order chi connectivity index (χ0) is 29.5. The molecule has 0 bridgehead atoms. The molecule has 1 aliphatic heterocycles. The third kappa shape index (κ3) is 6.37. The molecular formula is C28H27FN7O3PS. The number of thioether (sulfide) groups is 1. The summed E-state index contributed by atoms with van der Waals surface area (Å²) in [5.74, 6) is -0.937. The van der Waals surface area contributed by atoms with Crippen LogP contribution in [-0.4, -0.2) is 75.0 Å². The molecule has 0 aliphatic carbocycles. The highest BCUT2D eigenvalue weighted by molar-refractivity contribution is 7.98. The Morgan fingerprint density at radius 3 is 2.88 bits per heavy atom. The molecule has 2 atom stereocenters. The fourth-order valence-corrected chi connectivity index (χ4v) is 5.48. The Morgan fingerprint density at radius 1 is 1.39 bits per heavy atom. The van der Waals surface area contributed by atoms with Crippen LogP contribution in [-0.2, 0) is 9.59 Å². The number of nitrogens with zero attached hydrogens (tertiary/aromatic N) is 6. The van der Waals surface area contributed by atoms with Crippen molar-refractivity contribution >= 4 is 56.0 Å². The Bertz CT molecular complexity index is 1540. The van der Waals surface area contributed by atoms with Crippen molar-refractivity contribution in [1.29, 1.82) is 5.26 Å². The van der Waals surface area contributed by atoms with E-state index in [-0.39, 0.29) is 59.6 Å². The highest BCUT2D eigenvalue weighted by Crippen LogP contribution is 2.34. The van der Waals surface area contributed by atoms with Crippen LogP contribution in [0.3, 0.4) is 0 Å². The summed E-state index contributed by atoms with van der Waals surface area (Å²) < 4.78 is 15.8. The van der Waals surface area contributed by atoms with Gasteiger partial charge in [0.1, 0.15) is 28.1 Å². The Kier molecular flexibility index (Phi) is 9.65. The van der Waals surface area contributed by atoms with Crippen molar-refractivity contribution in [1.82, 2.24) is 19.8 Å². The summed E-state index contributed by atoms with van der Waals surface area (Å²) in [6.07, 6.45) is 5.18. The molecule has 41 heavy (non-hydrogen) atoms. The second-order valence-electron chi connectivity index (χ2n) is 8.88. The number of aromatic hydroxyl groups is 1. The summed E-state index contributed by atoms with van der Waals surface area (Å²) in [7, 11) is 2.44. The van der Waals surface area contributed by atoms with E-state index in [0.29, 0.717) is 29.0 Å². The van der Waals surface area contributed by atoms with Gasteiger partial charge in [-0.2, -0.15) is 5.26 Å². The Balaban J connectivity index is 1.92. The summed E-state index contributed by atoms with van der Waals surface area (Å²) in [5, 5.41) is 23.6. The molecule has 2 aromatic heterocycles. The maximum Gasteiger partial charge on any atom is 0.246 e. The topological polar surface area (TPSA) is 135 Å². The fraction of sp³-hybridized carbons (Fsp3) is 0.214. The van der Waals surface area contributed by atoms with Crippen LogP contribution in [0.4, 0.5) is 15.9 Å². The fourth-order valence-electron chi connectivity index (χ4n) is 4.59. The van der Waals surface area contributed by atoms with Crippen LogP contribution in [0.5, 0.6) is 5.75 Å². The van der Waals surface area contributed by atoms with Gasteiger partial charge in [-0.25, -0.2) is 19.4 Å². The number of carbonyl (C=O) groups is 2. The first-order valence-electron chi connectivity index (χ1n) is 12.4. The Labute approximate surface area is 243 Å². The second kappa shape index (κ2) is 13.4. The molecule has 0 spiro atoms. The third-order valence-electron chi connectivity index (χ3n) is 6.46. The number of halogens is 1. The number of amidine groups is 1. The quantitative estimate of drug-likeness (QED) is 0.102. The molecule has 1 aliphatic rings. The van der Waals surface area contributed by atoms with Crippen molar-refractivity contribution in [3.63, 3.8) is 0 Å².